The van der Waals surface area contributed by atoms with Crippen LogP contribution in [-0.4, -0.2) is 9.15 Å². The Labute approximate surface area is 393 Å². The minimum atomic E-state index is -4.52. The van der Waals surface area contributed by atoms with Crippen molar-refractivity contribution in [3.05, 3.63) is 56.3 Å². The first kappa shape index (κ1) is 44.3. The van der Waals surface area contributed by atoms with Crippen LogP contribution < -0.4 is 0 Å². The van der Waals surface area contributed by atoms with Gasteiger partial charge in [0.1, 0.15) is 0 Å². The van der Waals surface area contributed by atoms with Gasteiger partial charge in [-0.25, -0.2) is 0 Å². The molecule has 0 saturated heterocycles. The third-order valence-electron chi connectivity index (χ3n) is 12.6. The average molecular weight is 937 g/mol. The minimum absolute atomic E-state index is 0.168. The standard InChI is InChI=1S/C51H78S4.CH4O2P2/c1-7-11-15-19-23-27-31-41-35-39(5)52-47(41)45-37-43-49(54-45)50-44(51(43,33-29-25-21-17-13-9-3)34-30-26-22-18-14-10-4)38-46(55-50)48-42(36-40(6)53-48)32-28-24-20-16-12-8-2;1-5(3)4-2/h35-38H,7-34H2,1-6H3;5H,1H3/p+1/i;1TD2,5D/hT. The zero-order valence-corrected chi connectivity index (χ0v) is 43.5. The third-order valence-corrected chi connectivity index (χ3v) is 18.2. The highest BCUT2D eigenvalue weighted by Gasteiger charge is 2.45. The number of unbranched alkanes of at least 4 members (excludes halogenated alkanes) is 20. The molecule has 2 atom stereocenters. The highest BCUT2D eigenvalue weighted by atomic mass is 32.1. The van der Waals surface area contributed by atoms with Crippen LogP contribution in [0.4, 0.5) is 0 Å². The van der Waals surface area contributed by atoms with E-state index in [1.165, 1.54) is 190 Å². The molecule has 5 rings (SSSR count). The van der Waals surface area contributed by atoms with Gasteiger partial charge in [-0.15, -0.1) is 45.3 Å². The van der Waals surface area contributed by atoms with Gasteiger partial charge in [0.15, 0.2) is 1.28 Å². The van der Waals surface area contributed by atoms with E-state index in [1.54, 1.807) is 51.5 Å². The van der Waals surface area contributed by atoms with Crippen molar-refractivity contribution in [2.45, 2.75) is 227 Å². The SMILES string of the molecule is CCCCCCCCc1cc(C)sc1-c1cc2c(s1)-c1sc(-c3sc(C)cc3CCCCCCCC)cc1C2(CCCCCCCC)CCCCCCCC.[2H]C([2H])([3H])P([2H])(=O)[P+]([3H])=O. The first-order chi connectivity index (χ1) is 31.1. The number of hydrogen-bond donors (Lipinski definition) is 0. The summed E-state index contributed by atoms with van der Waals surface area (Å²) in [5.41, 5.74) is 6.84. The fourth-order valence-electron chi connectivity index (χ4n) is 9.39. The van der Waals surface area contributed by atoms with Crippen LogP contribution in [0.2, 0.25) is 0 Å². The summed E-state index contributed by atoms with van der Waals surface area (Å²) in [6.45, 7) is 11.0. The van der Waals surface area contributed by atoms with Gasteiger partial charge in [-0.2, -0.15) is 0 Å². The smallest absolute Gasteiger partial charge is 0.272 e. The van der Waals surface area contributed by atoms with Gasteiger partial charge in [-0.1, -0.05) is 174 Å². The molecular formula is C52H83O2P2S4+. The molecule has 2 unspecified atom stereocenters. The molecule has 0 spiro atoms. The second-order valence-electron chi connectivity index (χ2n) is 17.6. The topological polar surface area (TPSA) is 34.1 Å². The monoisotopic (exact) mass is 937 g/mol. The summed E-state index contributed by atoms with van der Waals surface area (Å²) in [7, 11) is -7.69. The molecule has 60 heavy (non-hydrogen) atoms. The van der Waals surface area contributed by atoms with Crippen LogP contribution in [0.25, 0.3) is 29.3 Å². The van der Waals surface area contributed by atoms with Gasteiger partial charge in [0, 0.05) is 55.1 Å². The summed E-state index contributed by atoms with van der Waals surface area (Å²) < 4.78 is 52.9. The lowest BCUT2D eigenvalue weighted by atomic mass is 9.71. The van der Waals surface area contributed by atoms with Gasteiger partial charge >= 0.3 is 9.37 Å². The van der Waals surface area contributed by atoms with E-state index in [0.717, 1.165) is 0 Å². The van der Waals surface area contributed by atoms with Gasteiger partial charge in [0.25, 0.3) is 7.43 Å². The van der Waals surface area contributed by atoms with E-state index in [1.807, 2.05) is 0 Å². The first-order valence-corrected chi connectivity index (χ1v) is 30.3. The molecule has 4 aromatic heterocycles. The second kappa shape index (κ2) is 28.8. The summed E-state index contributed by atoms with van der Waals surface area (Å²) in [6.07, 6.45) is 38.1. The van der Waals surface area contributed by atoms with Gasteiger partial charge in [-0.3, -0.25) is 4.57 Å². The molecular weight excluding hydrogens is 847 g/mol. The number of thiophene rings is 4. The van der Waals surface area contributed by atoms with Crippen molar-refractivity contribution in [2.24, 2.45) is 0 Å². The Kier molecular flexibility index (Phi) is 21.3. The highest BCUT2D eigenvalue weighted by Crippen LogP contribution is 2.62. The van der Waals surface area contributed by atoms with Crippen molar-refractivity contribution in [1.82, 2.24) is 0 Å². The number of rotatable bonds is 31. The molecule has 336 valence electrons. The molecule has 0 saturated carbocycles. The molecule has 2 nitrogen and oxygen atoms in total. The molecule has 4 aromatic rings. The predicted molar refractivity (Wildman–Crippen MR) is 279 cm³/mol. The average Bonchev–Trinajstić information content (AvgIpc) is 4.09. The lowest BCUT2D eigenvalue weighted by Gasteiger charge is -2.31. The lowest BCUT2D eigenvalue weighted by molar-refractivity contribution is 0.399. The molecule has 0 bridgehead atoms. The molecule has 0 N–H and O–H groups in total. The van der Waals surface area contributed by atoms with Crippen molar-refractivity contribution in [3.8, 4) is 29.3 Å². The largest absolute Gasteiger partial charge is 0.393 e. The molecule has 1 aliphatic carbocycles. The minimum Gasteiger partial charge on any atom is -0.272 e. The van der Waals surface area contributed by atoms with Gasteiger partial charge in [0.2, 0.25) is 0 Å². The molecule has 0 fully saturated rings. The van der Waals surface area contributed by atoms with Crippen molar-refractivity contribution in [3.63, 3.8) is 0 Å². The highest BCUT2D eigenvalue weighted by molar-refractivity contribution is 8.09. The Morgan fingerprint density at radius 1 is 0.567 bits per heavy atom. The Bertz CT molecular complexity index is 1940. The molecule has 0 radical (unpaired) electrons. The molecule has 0 aliphatic heterocycles. The van der Waals surface area contributed by atoms with Crippen LogP contribution in [-0.2, 0) is 27.4 Å². The zero-order chi connectivity index (χ0) is 47.5. The quantitative estimate of drug-likeness (QED) is 0.0372. The van der Waals surface area contributed by atoms with E-state index in [4.69, 9.17) is 6.67 Å². The summed E-state index contributed by atoms with van der Waals surface area (Å²) in [5, 5.41) is 0. The molecule has 0 aromatic carbocycles. The first-order valence-electron chi connectivity index (χ1n) is 26.6. The van der Waals surface area contributed by atoms with Crippen LogP contribution >= 0.6 is 60.9 Å². The molecule has 1 aliphatic rings. The zero-order valence-electron chi connectivity index (χ0n) is 43.5. The van der Waals surface area contributed by atoms with E-state index < -0.39 is 22.1 Å². The maximum atomic E-state index is 10.6. The third kappa shape index (κ3) is 15.7. The maximum Gasteiger partial charge on any atom is 0.393 e. The molecule has 0 amide bonds. The molecule has 8 heteroatoms. The number of aryl methyl sites for hydroxylation is 4. The Balaban J connectivity index is 0.000000825. The van der Waals surface area contributed by atoms with E-state index in [-0.39, 0.29) is 5.41 Å². The van der Waals surface area contributed by atoms with Crippen molar-refractivity contribution >= 4 is 60.9 Å². The van der Waals surface area contributed by atoms with Crippen LogP contribution in [0.3, 0.4) is 0 Å². The second-order valence-corrected chi connectivity index (χ2v) is 24.5. The van der Waals surface area contributed by atoms with Crippen molar-refractivity contribution in [1.29, 1.82) is 2.56 Å². The summed E-state index contributed by atoms with van der Waals surface area (Å²) in [4.78, 5) is 12.6. The Morgan fingerprint density at radius 3 is 1.25 bits per heavy atom. The van der Waals surface area contributed by atoms with Crippen LogP contribution in [0, 0.1) is 13.8 Å². The fourth-order valence-corrected chi connectivity index (χ4v) is 14.5. The van der Waals surface area contributed by atoms with E-state index in [9.17, 15) is 9.13 Å². The maximum absolute atomic E-state index is 10.6. The van der Waals surface area contributed by atoms with Crippen molar-refractivity contribution < 1.29 is 13.2 Å². The van der Waals surface area contributed by atoms with Crippen LogP contribution in [0.5, 0.6) is 0 Å². The number of fused-ring (bicyclic) bond motifs is 3. The van der Waals surface area contributed by atoms with E-state index >= 15 is 0 Å². The van der Waals surface area contributed by atoms with Gasteiger partial charge in [-0.05, 0) is 98.9 Å². The lowest BCUT2D eigenvalue weighted by Crippen LogP contribution is -2.25. The Hall–Kier alpha value is -0.870. The normalized spacial score (nSPS) is 15.6. The Morgan fingerprint density at radius 2 is 0.917 bits per heavy atom. The summed E-state index contributed by atoms with van der Waals surface area (Å²) >= 11 is 8.47. The van der Waals surface area contributed by atoms with Gasteiger partial charge < -0.3 is 0 Å². The predicted octanol–water partition coefficient (Wildman–Crippen LogP) is 20.6. The summed E-state index contributed by atoms with van der Waals surface area (Å²) in [5.74, 6) is 0. The van der Waals surface area contributed by atoms with E-state index in [0.29, 0.717) is 0 Å². The fraction of sp³-hybridized carbons (Fsp3) is 0.692. The number of hydrogen-bond acceptors (Lipinski definition) is 6. The van der Waals surface area contributed by atoms with Crippen molar-refractivity contribution in [2.75, 3.05) is 6.59 Å². The van der Waals surface area contributed by atoms with Gasteiger partial charge in [0.05, 0.1) is 0 Å². The van der Waals surface area contributed by atoms with Crippen LogP contribution in [0.1, 0.15) is 231 Å². The summed E-state index contributed by atoms with van der Waals surface area (Å²) in [6, 6.07) is 10.6. The molecule has 4 heterocycles. The van der Waals surface area contributed by atoms with E-state index in [2.05, 4.69) is 111 Å². The van der Waals surface area contributed by atoms with Crippen LogP contribution in [0.15, 0.2) is 24.3 Å².